The van der Waals surface area contributed by atoms with Gasteiger partial charge in [0.25, 0.3) is 0 Å². The van der Waals surface area contributed by atoms with Crippen molar-refractivity contribution in [2.24, 2.45) is 5.73 Å². The van der Waals surface area contributed by atoms with Crippen LogP contribution in [0.5, 0.6) is 0 Å². The lowest BCUT2D eigenvalue weighted by molar-refractivity contribution is 0.834. The topological polar surface area (TPSA) is 26.0 Å². The second-order valence-corrected chi connectivity index (χ2v) is 3.58. The summed E-state index contributed by atoms with van der Waals surface area (Å²) in [4.78, 5) is 0. The molecule has 0 heterocycles. The molecule has 0 aliphatic carbocycles. The molecule has 0 atom stereocenters. The molecule has 0 saturated heterocycles. The van der Waals surface area contributed by atoms with Crippen molar-refractivity contribution in [3.63, 3.8) is 0 Å². The molecule has 0 spiro atoms. The highest BCUT2D eigenvalue weighted by Crippen LogP contribution is 1.92. The number of hydrogen-bond donors (Lipinski definition) is 1. The van der Waals surface area contributed by atoms with Gasteiger partial charge in [-0.25, -0.2) is 0 Å². The van der Waals surface area contributed by atoms with Crippen molar-refractivity contribution in [2.75, 3.05) is 0 Å². The average Bonchev–Trinajstić information content (AvgIpc) is 2.14. The molecule has 90 valence electrons. The van der Waals surface area contributed by atoms with Crippen molar-refractivity contribution in [1.29, 1.82) is 0 Å². The second kappa shape index (κ2) is 18.9. The van der Waals surface area contributed by atoms with Crippen LogP contribution in [0.1, 0.15) is 48.0 Å². The van der Waals surface area contributed by atoms with Crippen molar-refractivity contribution in [3.05, 3.63) is 36.5 Å². The van der Waals surface area contributed by atoms with Crippen LogP contribution >= 0.6 is 0 Å². The third-order valence-electron chi connectivity index (χ3n) is 0.951. The van der Waals surface area contributed by atoms with Crippen LogP contribution < -0.4 is 5.73 Å². The summed E-state index contributed by atoms with van der Waals surface area (Å²) in [6, 6.07) is 0.333. The third-order valence-corrected chi connectivity index (χ3v) is 0.951. The summed E-state index contributed by atoms with van der Waals surface area (Å²) in [6.07, 6.45) is 9.02. The lowest BCUT2D eigenvalue weighted by atomic mass is 10.3. The fourth-order valence-electron chi connectivity index (χ4n) is 0.316. The molecule has 0 rings (SSSR count). The zero-order valence-corrected chi connectivity index (χ0v) is 11.4. The van der Waals surface area contributed by atoms with Gasteiger partial charge in [-0.2, -0.15) is 0 Å². The molecular weight excluding hydrogens is 182 g/mol. The highest BCUT2D eigenvalue weighted by atomic mass is 14.6. The first-order chi connectivity index (χ1) is 6.95. The first-order valence-electron chi connectivity index (χ1n) is 5.63. The Morgan fingerprint density at radius 2 is 1.67 bits per heavy atom. The average molecular weight is 211 g/mol. The molecule has 0 bridgehead atoms. The maximum atomic E-state index is 5.11. The minimum absolute atomic E-state index is 0.333. The summed E-state index contributed by atoms with van der Waals surface area (Å²) in [6.45, 7) is 15.8. The monoisotopic (exact) mass is 211 g/mol. The molecule has 0 saturated carbocycles. The van der Waals surface area contributed by atoms with Crippen LogP contribution in [0.3, 0.4) is 0 Å². The van der Waals surface area contributed by atoms with E-state index in [1.807, 2.05) is 32.9 Å². The number of nitrogens with two attached hydrogens (primary N) is 1. The molecule has 0 unspecified atom stereocenters. The van der Waals surface area contributed by atoms with E-state index in [4.69, 9.17) is 5.73 Å². The standard InChI is InChI=1S/C8H12.C3H9N.C3H8/c1-4-6-7-8(3)5-2;1-3(2)4;1-3-2/h4-7H,1H2,2-3H3;3H,4H2,1-2H3;3H2,1-2H3/b7-6-,8-5+;;. The quantitative estimate of drug-likeness (QED) is 0.670. The molecule has 0 aliphatic rings. The summed E-state index contributed by atoms with van der Waals surface area (Å²) in [5.74, 6) is 0. The Hall–Kier alpha value is -0.820. The Bertz CT molecular complexity index is 161. The van der Waals surface area contributed by atoms with Gasteiger partial charge in [-0.1, -0.05) is 70.6 Å². The summed E-state index contributed by atoms with van der Waals surface area (Å²) >= 11 is 0. The zero-order chi connectivity index (χ0) is 12.7. The molecule has 1 nitrogen and oxygen atoms in total. The van der Waals surface area contributed by atoms with E-state index in [0.29, 0.717) is 6.04 Å². The third kappa shape index (κ3) is 61.4. The molecule has 0 aliphatic heterocycles. The maximum Gasteiger partial charge on any atom is -0.00179 e. The Labute approximate surface area is 96.8 Å². The van der Waals surface area contributed by atoms with Crippen LogP contribution in [0.25, 0.3) is 0 Å². The van der Waals surface area contributed by atoms with E-state index in [1.165, 1.54) is 12.0 Å². The van der Waals surface area contributed by atoms with Gasteiger partial charge in [-0.3, -0.25) is 0 Å². The van der Waals surface area contributed by atoms with Crippen LogP contribution in [-0.2, 0) is 0 Å². The van der Waals surface area contributed by atoms with Crippen molar-refractivity contribution >= 4 is 0 Å². The summed E-state index contributed by atoms with van der Waals surface area (Å²) in [5.41, 5.74) is 6.38. The Balaban J connectivity index is -0.000000173. The van der Waals surface area contributed by atoms with Gasteiger partial charge in [0.15, 0.2) is 0 Å². The molecule has 1 heteroatoms. The highest BCUT2D eigenvalue weighted by molar-refractivity contribution is 5.18. The Morgan fingerprint density at radius 3 is 1.87 bits per heavy atom. The van der Waals surface area contributed by atoms with Crippen LogP contribution in [0.4, 0.5) is 0 Å². The predicted octanol–water partition coefficient (Wildman–Crippen LogP) is 4.46. The molecule has 0 aromatic carbocycles. The van der Waals surface area contributed by atoms with Crippen LogP contribution in [0, 0.1) is 0 Å². The maximum absolute atomic E-state index is 5.11. The van der Waals surface area contributed by atoms with Gasteiger partial charge in [-0.15, -0.1) is 0 Å². The summed E-state index contributed by atoms with van der Waals surface area (Å²) in [5, 5.41) is 0. The molecule has 0 amide bonds. The van der Waals surface area contributed by atoms with Gasteiger partial charge in [-0.05, 0) is 19.9 Å². The Kier molecular flexibility index (Phi) is 24.8. The second-order valence-electron chi connectivity index (χ2n) is 3.58. The van der Waals surface area contributed by atoms with Crippen LogP contribution in [0.15, 0.2) is 36.5 Å². The first-order valence-corrected chi connectivity index (χ1v) is 5.63. The molecule has 0 aromatic rings. The van der Waals surface area contributed by atoms with Gasteiger partial charge < -0.3 is 5.73 Å². The van der Waals surface area contributed by atoms with Crippen LogP contribution in [0.2, 0.25) is 0 Å². The van der Waals surface area contributed by atoms with Crippen molar-refractivity contribution in [3.8, 4) is 0 Å². The van der Waals surface area contributed by atoms with E-state index >= 15 is 0 Å². The van der Waals surface area contributed by atoms with E-state index in [9.17, 15) is 0 Å². The van der Waals surface area contributed by atoms with Gasteiger partial charge in [0.1, 0.15) is 0 Å². The largest absolute Gasteiger partial charge is 0.328 e. The van der Waals surface area contributed by atoms with Gasteiger partial charge >= 0.3 is 0 Å². The molecule has 2 N–H and O–H groups in total. The molecule has 0 radical (unpaired) electrons. The van der Waals surface area contributed by atoms with Gasteiger partial charge in [0.05, 0.1) is 0 Å². The number of hydrogen-bond acceptors (Lipinski definition) is 1. The lowest BCUT2D eigenvalue weighted by Crippen LogP contribution is -2.06. The first kappa shape index (κ1) is 19.7. The molecule has 15 heavy (non-hydrogen) atoms. The van der Waals surface area contributed by atoms with E-state index < -0.39 is 0 Å². The zero-order valence-electron chi connectivity index (χ0n) is 11.4. The number of allylic oxidation sites excluding steroid dienone is 5. The smallest absolute Gasteiger partial charge is 0.00179 e. The van der Waals surface area contributed by atoms with E-state index in [1.54, 1.807) is 6.08 Å². The normalized spacial score (nSPS) is 10.3. The van der Waals surface area contributed by atoms with Crippen molar-refractivity contribution in [1.82, 2.24) is 0 Å². The highest BCUT2D eigenvalue weighted by Gasteiger charge is 1.70. The SMILES string of the molecule is C=C/C=C\C(C)=C\C.CC(C)N.CCC. The molecule has 0 aromatic heterocycles. The molecular formula is C14H29N. The number of rotatable bonds is 2. The fourth-order valence-corrected chi connectivity index (χ4v) is 0.316. The van der Waals surface area contributed by atoms with Crippen LogP contribution in [-0.4, -0.2) is 6.04 Å². The minimum Gasteiger partial charge on any atom is -0.328 e. The lowest BCUT2D eigenvalue weighted by Gasteiger charge is -1.82. The predicted molar refractivity (Wildman–Crippen MR) is 74.1 cm³/mol. The molecule has 0 fully saturated rings. The summed E-state index contributed by atoms with van der Waals surface area (Å²) < 4.78 is 0. The van der Waals surface area contributed by atoms with Gasteiger partial charge in [0.2, 0.25) is 0 Å². The minimum atomic E-state index is 0.333. The fraction of sp³-hybridized carbons (Fsp3) is 0.571. The Morgan fingerprint density at radius 1 is 1.33 bits per heavy atom. The summed E-state index contributed by atoms with van der Waals surface area (Å²) in [7, 11) is 0. The van der Waals surface area contributed by atoms with Crippen molar-refractivity contribution in [2.45, 2.75) is 54.0 Å². The van der Waals surface area contributed by atoms with Crippen molar-refractivity contribution < 1.29 is 0 Å². The van der Waals surface area contributed by atoms with Gasteiger partial charge in [0, 0.05) is 0 Å². The van der Waals surface area contributed by atoms with E-state index in [2.05, 4.69) is 33.4 Å². The van der Waals surface area contributed by atoms with E-state index in [-0.39, 0.29) is 0 Å². The van der Waals surface area contributed by atoms with E-state index in [0.717, 1.165) is 0 Å².